The van der Waals surface area contributed by atoms with Crippen molar-refractivity contribution in [1.29, 1.82) is 0 Å². The summed E-state index contributed by atoms with van der Waals surface area (Å²) in [7, 11) is 0. The van der Waals surface area contributed by atoms with Crippen molar-refractivity contribution in [3.05, 3.63) is 51.0 Å². The molecule has 1 fully saturated rings. The Morgan fingerprint density at radius 1 is 1.15 bits per heavy atom. The van der Waals surface area contributed by atoms with Gasteiger partial charge in [-0.1, -0.05) is 29.8 Å². The van der Waals surface area contributed by atoms with Crippen molar-refractivity contribution in [1.82, 2.24) is 15.2 Å². The number of likely N-dealkylation sites (tertiary alicyclic amines) is 1. The Labute approximate surface area is 164 Å². The number of urea groups is 1. The number of rotatable bonds is 4. The Morgan fingerprint density at radius 3 is 2.33 bits per heavy atom. The standard InChI is InChI=1S/C21H27N3O2S/c1-13-5-7-17(8-6-13)19(25)18-9-11-24(12-10-18)21(26)23-15(3)20-14(2)22-16(4)27-20/h5-8,15,18H,9-12H2,1-4H3,(H,23,26). The molecule has 2 amide bonds. The van der Waals surface area contributed by atoms with E-state index in [4.69, 9.17) is 0 Å². The fraction of sp³-hybridized carbons (Fsp3) is 0.476. The third-order valence-corrected chi connectivity index (χ3v) is 6.42. The molecule has 1 aromatic carbocycles. The second kappa shape index (κ2) is 8.21. The molecule has 144 valence electrons. The molecular formula is C21H27N3O2S. The van der Waals surface area contributed by atoms with Gasteiger partial charge in [0.1, 0.15) is 0 Å². The third kappa shape index (κ3) is 4.56. The Hall–Kier alpha value is -2.21. The van der Waals surface area contributed by atoms with Gasteiger partial charge in [-0.3, -0.25) is 4.79 Å². The summed E-state index contributed by atoms with van der Waals surface area (Å²) in [6, 6.07) is 7.63. The predicted octanol–water partition coefficient (Wildman–Crippen LogP) is 4.43. The topological polar surface area (TPSA) is 62.3 Å². The summed E-state index contributed by atoms with van der Waals surface area (Å²) in [5, 5.41) is 4.09. The quantitative estimate of drug-likeness (QED) is 0.792. The van der Waals surface area contributed by atoms with Crippen LogP contribution < -0.4 is 5.32 Å². The summed E-state index contributed by atoms with van der Waals surface area (Å²) >= 11 is 1.62. The molecule has 5 nitrogen and oxygen atoms in total. The Balaban J connectivity index is 1.54. The number of hydrogen-bond donors (Lipinski definition) is 1. The molecular weight excluding hydrogens is 358 g/mol. The smallest absolute Gasteiger partial charge is 0.317 e. The van der Waals surface area contributed by atoms with Crippen LogP contribution in [0.2, 0.25) is 0 Å². The molecule has 0 bridgehead atoms. The molecule has 1 aromatic heterocycles. The van der Waals surface area contributed by atoms with Crippen molar-refractivity contribution < 1.29 is 9.59 Å². The molecule has 0 aliphatic carbocycles. The molecule has 1 N–H and O–H groups in total. The van der Waals surface area contributed by atoms with Crippen LogP contribution in [0.1, 0.15) is 57.3 Å². The molecule has 1 aliphatic rings. The Morgan fingerprint density at radius 2 is 1.78 bits per heavy atom. The highest BCUT2D eigenvalue weighted by atomic mass is 32.1. The summed E-state index contributed by atoms with van der Waals surface area (Å²) in [5.74, 6) is 0.194. The zero-order valence-corrected chi connectivity index (χ0v) is 17.2. The number of piperidine rings is 1. The van der Waals surface area contributed by atoms with E-state index in [-0.39, 0.29) is 23.8 Å². The number of hydrogen-bond acceptors (Lipinski definition) is 4. The molecule has 3 rings (SSSR count). The summed E-state index contributed by atoms with van der Waals surface area (Å²) in [4.78, 5) is 32.6. The van der Waals surface area contributed by atoms with Crippen LogP contribution in [0.5, 0.6) is 0 Å². The first-order valence-corrected chi connectivity index (χ1v) is 10.3. The number of nitrogens with zero attached hydrogens (tertiary/aromatic N) is 2. The van der Waals surface area contributed by atoms with E-state index in [1.165, 1.54) is 0 Å². The zero-order chi connectivity index (χ0) is 19.6. The fourth-order valence-electron chi connectivity index (χ4n) is 3.59. The minimum Gasteiger partial charge on any atom is -0.331 e. The number of aryl methyl sites for hydroxylation is 3. The number of carbonyl (C=O) groups excluding carboxylic acids is 2. The van der Waals surface area contributed by atoms with Gasteiger partial charge in [-0.15, -0.1) is 11.3 Å². The lowest BCUT2D eigenvalue weighted by atomic mass is 9.89. The molecule has 2 heterocycles. The average molecular weight is 386 g/mol. The van der Waals surface area contributed by atoms with Crippen molar-refractivity contribution in [3.63, 3.8) is 0 Å². The number of nitrogens with one attached hydrogen (secondary N) is 1. The van der Waals surface area contributed by atoms with Crippen molar-refractivity contribution >= 4 is 23.2 Å². The second-order valence-electron chi connectivity index (χ2n) is 7.35. The van der Waals surface area contributed by atoms with Crippen LogP contribution in [0, 0.1) is 26.7 Å². The lowest BCUT2D eigenvalue weighted by molar-refractivity contribution is 0.0853. The fourth-order valence-corrected chi connectivity index (χ4v) is 4.52. The molecule has 1 atom stereocenters. The van der Waals surface area contributed by atoms with Crippen molar-refractivity contribution in [3.8, 4) is 0 Å². The number of amides is 2. The van der Waals surface area contributed by atoms with Crippen molar-refractivity contribution in [2.24, 2.45) is 5.92 Å². The molecule has 1 saturated heterocycles. The van der Waals surface area contributed by atoms with Crippen LogP contribution in [-0.2, 0) is 0 Å². The summed E-state index contributed by atoms with van der Waals surface area (Å²) < 4.78 is 0. The van der Waals surface area contributed by atoms with Gasteiger partial charge in [0, 0.05) is 29.4 Å². The maximum atomic E-state index is 12.7. The predicted molar refractivity (Wildman–Crippen MR) is 108 cm³/mol. The lowest BCUT2D eigenvalue weighted by Gasteiger charge is -2.32. The SMILES string of the molecule is Cc1ccc(C(=O)C2CCN(C(=O)NC(C)c3sc(C)nc3C)CC2)cc1. The summed E-state index contributed by atoms with van der Waals surface area (Å²) in [5.41, 5.74) is 2.90. The minimum absolute atomic E-state index is 0.000527. The highest BCUT2D eigenvalue weighted by Crippen LogP contribution is 2.26. The number of ketones is 1. The molecule has 0 saturated carbocycles. The Kier molecular flexibility index (Phi) is 5.95. The van der Waals surface area contributed by atoms with E-state index in [1.807, 2.05) is 56.9 Å². The number of Topliss-reactive ketones (excluding diaryl/α,β-unsaturated/α-hetero) is 1. The van der Waals surface area contributed by atoms with Gasteiger partial charge < -0.3 is 10.2 Å². The van der Waals surface area contributed by atoms with E-state index in [9.17, 15) is 9.59 Å². The van der Waals surface area contributed by atoms with E-state index in [0.29, 0.717) is 25.9 Å². The normalized spacial score (nSPS) is 16.2. The van der Waals surface area contributed by atoms with Gasteiger partial charge in [0.25, 0.3) is 0 Å². The number of benzene rings is 1. The summed E-state index contributed by atoms with van der Waals surface area (Å²) in [6.07, 6.45) is 1.43. The summed E-state index contributed by atoms with van der Waals surface area (Å²) in [6.45, 7) is 9.19. The number of aromatic nitrogens is 1. The second-order valence-corrected chi connectivity index (χ2v) is 8.58. The minimum atomic E-state index is -0.0609. The molecule has 0 spiro atoms. The van der Waals surface area contributed by atoms with E-state index in [1.54, 1.807) is 11.3 Å². The molecule has 6 heteroatoms. The van der Waals surface area contributed by atoms with Gasteiger partial charge in [0.2, 0.25) is 0 Å². The molecule has 2 aromatic rings. The van der Waals surface area contributed by atoms with Gasteiger partial charge >= 0.3 is 6.03 Å². The van der Waals surface area contributed by atoms with Gasteiger partial charge in [-0.2, -0.15) is 0 Å². The monoisotopic (exact) mass is 385 g/mol. The van der Waals surface area contributed by atoms with Crippen molar-refractivity contribution in [2.75, 3.05) is 13.1 Å². The molecule has 0 radical (unpaired) electrons. The van der Waals surface area contributed by atoms with Crippen molar-refractivity contribution in [2.45, 2.75) is 46.6 Å². The first-order chi connectivity index (χ1) is 12.8. The maximum Gasteiger partial charge on any atom is 0.317 e. The largest absolute Gasteiger partial charge is 0.331 e. The van der Waals surface area contributed by atoms with Crippen LogP contribution in [0.3, 0.4) is 0 Å². The van der Waals surface area contributed by atoms with Crippen LogP contribution >= 0.6 is 11.3 Å². The number of thiazole rings is 1. The van der Waals surface area contributed by atoms with Gasteiger partial charge in [0.05, 0.1) is 16.7 Å². The van der Waals surface area contributed by atoms with Crippen LogP contribution in [0.15, 0.2) is 24.3 Å². The van der Waals surface area contributed by atoms with Gasteiger partial charge in [0.15, 0.2) is 5.78 Å². The molecule has 1 unspecified atom stereocenters. The molecule has 27 heavy (non-hydrogen) atoms. The highest BCUT2D eigenvalue weighted by Gasteiger charge is 2.28. The maximum absolute atomic E-state index is 12.7. The van der Waals surface area contributed by atoms with Crippen LogP contribution in [0.4, 0.5) is 4.79 Å². The third-order valence-electron chi connectivity index (χ3n) is 5.16. The Bertz CT molecular complexity index is 820. The van der Waals surface area contributed by atoms with Gasteiger partial charge in [-0.05, 0) is 40.5 Å². The van der Waals surface area contributed by atoms with Crippen LogP contribution in [-0.4, -0.2) is 34.8 Å². The number of carbonyl (C=O) groups is 2. The van der Waals surface area contributed by atoms with Crippen LogP contribution in [0.25, 0.3) is 0 Å². The highest BCUT2D eigenvalue weighted by molar-refractivity contribution is 7.11. The first-order valence-electron chi connectivity index (χ1n) is 9.45. The van der Waals surface area contributed by atoms with E-state index < -0.39 is 0 Å². The average Bonchev–Trinajstić information content (AvgIpc) is 3.00. The first kappa shape index (κ1) is 19.5. The van der Waals surface area contributed by atoms with Gasteiger partial charge in [-0.25, -0.2) is 9.78 Å². The lowest BCUT2D eigenvalue weighted by Crippen LogP contribution is -2.46. The van der Waals surface area contributed by atoms with E-state index in [2.05, 4.69) is 10.3 Å². The van der Waals surface area contributed by atoms with E-state index >= 15 is 0 Å². The molecule has 1 aliphatic heterocycles. The van der Waals surface area contributed by atoms with E-state index in [0.717, 1.165) is 26.7 Å². The zero-order valence-electron chi connectivity index (χ0n) is 16.4.